The summed E-state index contributed by atoms with van der Waals surface area (Å²) in [5.41, 5.74) is 1.13. The van der Waals surface area contributed by atoms with E-state index in [1.54, 1.807) is 62.8 Å². The summed E-state index contributed by atoms with van der Waals surface area (Å²) < 4.78 is 15.9. The maximum Gasteiger partial charge on any atom is 0.295 e. The monoisotopic (exact) mass is 437 g/mol. The summed E-state index contributed by atoms with van der Waals surface area (Å²) in [6, 6.07) is 13.1. The van der Waals surface area contributed by atoms with Crippen molar-refractivity contribution in [3.63, 3.8) is 0 Å². The fourth-order valence-corrected chi connectivity index (χ4v) is 3.67. The van der Waals surface area contributed by atoms with Crippen LogP contribution < -0.4 is 9.47 Å². The largest absolute Gasteiger partial charge is 0.507 e. The lowest BCUT2D eigenvalue weighted by Gasteiger charge is -2.25. The molecule has 32 heavy (non-hydrogen) atoms. The lowest BCUT2D eigenvalue weighted by Crippen LogP contribution is -2.31. The van der Waals surface area contributed by atoms with E-state index in [0.717, 1.165) is 0 Å². The van der Waals surface area contributed by atoms with Crippen LogP contribution in [-0.4, -0.2) is 55.7 Å². The molecule has 1 saturated heterocycles. The van der Waals surface area contributed by atoms with Crippen LogP contribution in [0.1, 0.15) is 23.6 Å². The van der Waals surface area contributed by atoms with Gasteiger partial charge in [0.2, 0.25) is 0 Å². The van der Waals surface area contributed by atoms with Crippen LogP contribution >= 0.6 is 0 Å². The first kappa shape index (κ1) is 23.1. The first-order valence-corrected chi connectivity index (χ1v) is 10.3. The molecule has 1 heterocycles. The van der Waals surface area contributed by atoms with Crippen molar-refractivity contribution in [2.75, 3.05) is 34.0 Å². The molecule has 7 nitrogen and oxygen atoms in total. The number of hydrogen-bond acceptors (Lipinski definition) is 6. The molecule has 1 N–H and O–H groups in total. The highest BCUT2D eigenvalue weighted by Gasteiger charge is 2.45. The quantitative estimate of drug-likeness (QED) is 0.201. The van der Waals surface area contributed by atoms with Gasteiger partial charge in [-0.1, -0.05) is 24.8 Å². The van der Waals surface area contributed by atoms with Crippen molar-refractivity contribution in [1.29, 1.82) is 0 Å². The molecule has 1 unspecified atom stereocenters. The number of methoxy groups -OCH3 is 2. The van der Waals surface area contributed by atoms with E-state index in [9.17, 15) is 14.7 Å². The number of likely N-dealkylation sites (tertiary alicyclic amines) is 1. The summed E-state index contributed by atoms with van der Waals surface area (Å²) in [6.07, 6.45) is 2.18. The first-order chi connectivity index (χ1) is 15.5. The van der Waals surface area contributed by atoms with Crippen LogP contribution in [0, 0.1) is 0 Å². The second kappa shape index (κ2) is 10.6. The Balaban J connectivity index is 2.09. The fraction of sp³-hybridized carbons (Fsp3) is 0.280. The van der Waals surface area contributed by atoms with Crippen LogP contribution in [0.3, 0.4) is 0 Å². The molecule has 1 aliphatic rings. The standard InChI is InChI=1S/C25H27NO6/c1-4-14-32-20-8-5-7-18(16-20)22-21(23(27)17-9-11-19(31-3)12-10-17)24(28)25(29)26(22)13-6-15-30-2/h4-5,7-12,16,22,27H,1,6,13-15H2,2-3H3/b23-21+. The maximum absolute atomic E-state index is 13.0. The number of rotatable bonds is 10. The summed E-state index contributed by atoms with van der Waals surface area (Å²) in [5.74, 6) is -0.418. The van der Waals surface area contributed by atoms with Crippen molar-refractivity contribution >= 4 is 17.4 Å². The predicted molar refractivity (Wildman–Crippen MR) is 121 cm³/mol. The molecule has 0 bridgehead atoms. The van der Waals surface area contributed by atoms with Crippen LogP contribution in [-0.2, 0) is 14.3 Å². The van der Waals surface area contributed by atoms with Crippen molar-refractivity contribution in [2.45, 2.75) is 12.5 Å². The molecular formula is C25H27NO6. The topological polar surface area (TPSA) is 85.3 Å². The van der Waals surface area contributed by atoms with Gasteiger partial charge in [-0.3, -0.25) is 9.59 Å². The van der Waals surface area contributed by atoms with Gasteiger partial charge in [0.05, 0.1) is 18.7 Å². The van der Waals surface area contributed by atoms with E-state index in [4.69, 9.17) is 14.2 Å². The zero-order chi connectivity index (χ0) is 23.1. The van der Waals surface area contributed by atoms with Crippen LogP contribution in [0.2, 0.25) is 0 Å². The Morgan fingerprint density at radius 2 is 1.88 bits per heavy atom. The van der Waals surface area contributed by atoms with Crippen LogP contribution in [0.4, 0.5) is 0 Å². The summed E-state index contributed by atoms with van der Waals surface area (Å²) in [5, 5.41) is 11.1. The second-order valence-electron chi connectivity index (χ2n) is 7.24. The molecule has 1 aliphatic heterocycles. The van der Waals surface area contributed by atoms with E-state index in [1.807, 2.05) is 6.07 Å². The molecule has 0 aromatic heterocycles. The molecule has 2 aromatic carbocycles. The summed E-state index contributed by atoms with van der Waals surface area (Å²) >= 11 is 0. The van der Waals surface area contributed by atoms with Gasteiger partial charge in [-0.05, 0) is 48.4 Å². The minimum atomic E-state index is -0.749. The molecule has 7 heteroatoms. The lowest BCUT2D eigenvalue weighted by atomic mass is 9.95. The fourth-order valence-electron chi connectivity index (χ4n) is 3.67. The van der Waals surface area contributed by atoms with Gasteiger partial charge in [-0.2, -0.15) is 0 Å². The number of hydrogen-bond donors (Lipinski definition) is 1. The van der Waals surface area contributed by atoms with E-state index in [1.165, 1.54) is 4.90 Å². The van der Waals surface area contributed by atoms with Gasteiger partial charge in [0, 0.05) is 25.8 Å². The van der Waals surface area contributed by atoms with Crippen molar-refractivity contribution in [3.05, 3.63) is 77.9 Å². The van der Waals surface area contributed by atoms with Crippen molar-refractivity contribution in [2.24, 2.45) is 0 Å². The SMILES string of the molecule is C=CCOc1cccc(C2/C(=C(\O)c3ccc(OC)cc3)C(=O)C(=O)N2CCCOC)c1. The molecule has 1 atom stereocenters. The number of Topliss-reactive ketones (excluding diaryl/α,β-unsaturated/α-hetero) is 1. The van der Waals surface area contributed by atoms with E-state index < -0.39 is 17.7 Å². The zero-order valence-electron chi connectivity index (χ0n) is 18.2. The molecule has 3 rings (SSSR count). The number of ketones is 1. The number of amides is 1. The first-order valence-electron chi connectivity index (χ1n) is 10.3. The highest BCUT2D eigenvalue weighted by atomic mass is 16.5. The molecule has 0 spiro atoms. The molecule has 1 amide bonds. The van der Waals surface area contributed by atoms with Crippen molar-refractivity contribution < 1.29 is 28.9 Å². The van der Waals surface area contributed by atoms with Gasteiger partial charge in [0.1, 0.15) is 23.9 Å². The molecule has 2 aromatic rings. The highest BCUT2D eigenvalue weighted by molar-refractivity contribution is 6.46. The average Bonchev–Trinajstić information content (AvgIpc) is 3.07. The molecule has 0 radical (unpaired) electrons. The Morgan fingerprint density at radius 1 is 1.12 bits per heavy atom. The minimum Gasteiger partial charge on any atom is -0.507 e. The third kappa shape index (κ3) is 4.84. The molecule has 1 fully saturated rings. The van der Waals surface area contributed by atoms with Gasteiger partial charge in [0.25, 0.3) is 11.7 Å². The Hall–Kier alpha value is -3.58. The van der Waals surface area contributed by atoms with E-state index >= 15 is 0 Å². The average molecular weight is 437 g/mol. The Morgan fingerprint density at radius 3 is 2.53 bits per heavy atom. The number of carbonyl (C=O) groups excluding carboxylic acids is 2. The van der Waals surface area contributed by atoms with Gasteiger partial charge in [-0.25, -0.2) is 0 Å². The van der Waals surface area contributed by atoms with Gasteiger partial charge < -0.3 is 24.2 Å². The number of carbonyl (C=O) groups is 2. The minimum absolute atomic E-state index is 0.0402. The Kier molecular flexibility index (Phi) is 7.68. The van der Waals surface area contributed by atoms with Crippen LogP contribution in [0.25, 0.3) is 5.76 Å². The number of aliphatic hydroxyl groups excluding tert-OH is 1. The molecule has 168 valence electrons. The van der Waals surface area contributed by atoms with E-state index in [0.29, 0.717) is 48.8 Å². The second-order valence-corrected chi connectivity index (χ2v) is 7.24. The van der Waals surface area contributed by atoms with E-state index in [-0.39, 0.29) is 11.3 Å². The van der Waals surface area contributed by atoms with Crippen molar-refractivity contribution in [1.82, 2.24) is 4.90 Å². The van der Waals surface area contributed by atoms with Gasteiger partial charge >= 0.3 is 0 Å². The summed E-state index contributed by atoms with van der Waals surface area (Å²) in [6.45, 7) is 4.72. The number of ether oxygens (including phenoxy) is 3. The zero-order valence-corrected chi connectivity index (χ0v) is 18.2. The third-order valence-electron chi connectivity index (χ3n) is 5.19. The normalized spacial score (nSPS) is 17.4. The predicted octanol–water partition coefficient (Wildman–Crippen LogP) is 3.72. The summed E-state index contributed by atoms with van der Waals surface area (Å²) in [4.78, 5) is 27.4. The smallest absolute Gasteiger partial charge is 0.295 e. The summed E-state index contributed by atoms with van der Waals surface area (Å²) in [7, 11) is 3.12. The Bertz CT molecular complexity index is 1010. The number of benzene rings is 2. The molecule has 0 aliphatic carbocycles. The van der Waals surface area contributed by atoms with Crippen LogP contribution in [0.15, 0.2) is 66.8 Å². The van der Waals surface area contributed by atoms with Crippen LogP contribution in [0.5, 0.6) is 11.5 Å². The Labute approximate surface area is 187 Å². The number of nitrogens with zero attached hydrogens (tertiary/aromatic N) is 1. The van der Waals surface area contributed by atoms with Gasteiger partial charge in [0.15, 0.2) is 0 Å². The molecule has 0 saturated carbocycles. The third-order valence-corrected chi connectivity index (χ3v) is 5.19. The lowest BCUT2D eigenvalue weighted by molar-refractivity contribution is -0.140. The highest BCUT2D eigenvalue weighted by Crippen LogP contribution is 2.40. The number of aliphatic hydroxyl groups is 1. The van der Waals surface area contributed by atoms with Gasteiger partial charge in [-0.15, -0.1) is 0 Å². The van der Waals surface area contributed by atoms with Crippen molar-refractivity contribution in [3.8, 4) is 11.5 Å². The van der Waals surface area contributed by atoms with E-state index in [2.05, 4.69) is 6.58 Å². The maximum atomic E-state index is 13.0. The molecular weight excluding hydrogens is 410 g/mol.